The standard InChI is InChI=1S/C10H11ClN2O2S/c1-2-12-10(16)13-8-4-3-6(9(14)15)5-7(8)11/h3-5H,2H2,1H3,(H,14,15)(H2,12,13,16). The number of hydrogen-bond acceptors (Lipinski definition) is 2. The molecular formula is C10H11ClN2O2S. The van der Waals surface area contributed by atoms with Crippen molar-refractivity contribution >= 4 is 40.6 Å². The molecule has 0 bridgehead atoms. The second kappa shape index (κ2) is 5.67. The molecule has 0 atom stereocenters. The molecule has 0 saturated carbocycles. The second-order valence-electron chi connectivity index (χ2n) is 2.98. The molecule has 0 aromatic heterocycles. The predicted octanol–water partition coefficient (Wildman–Crippen LogP) is 2.34. The fourth-order valence-corrected chi connectivity index (χ4v) is 1.56. The van der Waals surface area contributed by atoms with Gasteiger partial charge >= 0.3 is 5.97 Å². The number of halogens is 1. The first-order valence-corrected chi connectivity index (χ1v) is 5.41. The maximum absolute atomic E-state index is 10.7. The first kappa shape index (κ1) is 12.7. The summed E-state index contributed by atoms with van der Waals surface area (Å²) in [5.74, 6) is -1.01. The molecule has 4 nitrogen and oxygen atoms in total. The van der Waals surface area contributed by atoms with Gasteiger partial charge in [0.05, 0.1) is 16.3 Å². The maximum Gasteiger partial charge on any atom is 0.335 e. The van der Waals surface area contributed by atoms with Crippen LogP contribution in [-0.2, 0) is 0 Å². The van der Waals surface area contributed by atoms with Gasteiger partial charge in [-0.2, -0.15) is 0 Å². The van der Waals surface area contributed by atoms with Crippen LogP contribution in [0.25, 0.3) is 0 Å². The van der Waals surface area contributed by atoms with Crippen molar-refractivity contribution in [2.75, 3.05) is 11.9 Å². The van der Waals surface area contributed by atoms with Crippen molar-refractivity contribution in [3.05, 3.63) is 28.8 Å². The summed E-state index contributed by atoms with van der Waals surface area (Å²) in [4.78, 5) is 10.7. The van der Waals surface area contributed by atoms with Crippen LogP contribution >= 0.6 is 23.8 Å². The average molecular weight is 259 g/mol. The first-order valence-electron chi connectivity index (χ1n) is 4.62. The number of nitrogens with one attached hydrogen (secondary N) is 2. The minimum atomic E-state index is -1.01. The molecule has 0 aliphatic rings. The van der Waals surface area contributed by atoms with E-state index >= 15 is 0 Å². The number of thiocarbonyl (C=S) groups is 1. The van der Waals surface area contributed by atoms with Gasteiger partial charge in [-0.1, -0.05) is 11.6 Å². The second-order valence-corrected chi connectivity index (χ2v) is 3.80. The molecule has 3 N–H and O–H groups in total. The molecule has 0 fully saturated rings. The van der Waals surface area contributed by atoms with Gasteiger partial charge in [0, 0.05) is 6.54 Å². The van der Waals surface area contributed by atoms with Crippen LogP contribution in [0.3, 0.4) is 0 Å². The molecule has 0 saturated heterocycles. The summed E-state index contributed by atoms with van der Waals surface area (Å²) in [6, 6.07) is 4.42. The van der Waals surface area contributed by atoms with Crippen LogP contribution in [0.15, 0.2) is 18.2 Å². The lowest BCUT2D eigenvalue weighted by atomic mass is 10.2. The molecule has 0 radical (unpaired) electrons. The van der Waals surface area contributed by atoms with E-state index in [0.29, 0.717) is 22.4 Å². The largest absolute Gasteiger partial charge is 0.478 e. The maximum atomic E-state index is 10.7. The number of carboxylic acid groups (broad SMARTS) is 1. The number of hydrogen-bond donors (Lipinski definition) is 3. The molecular weight excluding hydrogens is 248 g/mol. The van der Waals surface area contributed by atoms with E-state index in [1.54, 1.807) is 6.07 Å². The predicted molar refractivity (Wildman–Crippen MR) is 68.3 cm³/mol. The molecule has 0 heterocycles. The molecule has 0 unspecified atom stereocenters. The third-order valence-electron chi connectivity index (χ3n) is 1.80. The van der Waals surface area contributed by atoms with Crippen molar-refractivity contribution in [1.82, 2.24) is 5.32 Å². The molecule has 6 heteroatoms. The Bertz CT molecular complexity index is 423. The lowest BCUT2D eigenvalue weighted by Crippen LogP contribution is -2.28. The van der Waals surface area contributed by atoms with Crippen LogP contribution in [0.5, 0.6) is 0 Å². The molecule has 1 aromatic carbocycles. The SMILES string of the molecule is CCNC(=S)Nc1ccc(C(=O)O)cc1Cl. The van der Waals surface area contributed by atoms with E-state index < -0.39 is 5.97 Å². The van der Waals surface area contributed by atoms with Gasteiger partial charge < -0.3 is 15.7 Å². The van der Waals surface area contributed by atoms with Gasteiger partial charge in [-0.05, 0) is 37.3 Å². The van der Waals surface area contributed by atoms with Crippen LogP contribution in [-0.4, -0.2) is 22.7 Å². The summed E-state index contributed by atoms with van der Waals surface area (Å²) in [5.41, 5.74) is 0.725. The van der Waals surface area contributed by atoms with Gasteiger partial charge in [0.15, 0.2) is 5.11 Å². The fourth-order valence-electron chi connectivity index (χ4n) is 1.08. The zero-order valence-corrected chi connectivity index (χ0v) is 10.2. The fraction of sp³-hybridized carbons (Fsp3) is 0.200. The number of carboxylic acids is 1. The van der Waals surface area contributed by atoms with Crippen molar-refractivity contribution in [1.29, 1.82) is 0 Å². The normalized spacial score (nSPS) is 9.62. The van der Waals surface area contributed by atoms with E-state index in [2.05, 4.69) is 10.6 Å². The molecule has 86 valence electrons. The highest BCUT2D eigenvalue weighted by molar-refractivity contribution is 7.80. The lowest BCUT2D eigenvalue weighted by molar-refractivity contribution is 0.0697. The summed E-state index contributed by atoms with van der Waals surface area (Å²) in [6.07, 6.45) is 0. The van der Waals surface area contributed by atoms with Gasteiger partial charge in [-0.25, -0.2) is 4.79 Å². The monoisotopic (exact) mass is 258 g/mol. The summed E-state index contributed by atoms with van der Waals surface area (Å²) in [6.45, 7) is 2.62. The molecule has 0 aliphatic heterocycles. The smallest absolute Gasteiger partial charge is 0.335 e. The number of carbonyl (C=O) groups is 1. The summed E-state index contributed by atoms with van der Waals surface area (Å²) in [7, 11) is 0. The van der Waals surface area contributed by atoms with E-state index in [1.165, 1.54) is 12.1 Å². The highest BCUT2D eigenvalue weighted by Crippen LogP contribution is 2.22. The lowest BCUT2D eigenvalue weighted by Gasteiger charge is -2.10. The van der Waals surface area contributed by atoms with Crippen molar-refractivity contribution < 1.29 is 9.90 Å². The summed E-state index contributed by atoms with van der Waals surface area (Å²) in [5, 5.41) is 15.3. The van der Waals surface area contributed by atoms with E-state index in [9.17, 15) is 4.79 Å². The Hall–Kier alpha value is -1.33. The van der Waals surface area contributed by atoms with Gasteiger partial charge in [-0.3, -0.25) is 0 Å². The Kier molecular flexibility index (Phi) is 4.52. The summed E-state index contributed by atoms with van der Waals surface area (Å²) < 4.78 is 0. The molecule has 0 spiro atoms. The van der Waals surface area contributed by atoms with E-state index in [4.69, 9.17) is 28.9 Å². The Morgan fingerprint density at radius 3 is 2.75 bits per heavy atom. The van der Waals surface area contributed by atoms with Crippen molar-refractivity contribution in [3.8, 4) is 0 Å². The van der Waals surface area contributed by atoms with Crippen molar-refractivity contribution in [2.24, 2.45) is 0 Å². The molecule has 0 amide bonds. The zero-order valence-electron chi connectivity index (χ0n) is 8.58. The zero-order chi connectivity index (χ0) is 12.1. The number of rotatable bonds is 3. The van der Waals surface area contributed by atoms with Gasteiger partial charge in [0.2, 0.25) is 0 Å². The Morgan fingerprint density at radius 2 is 2.25 bits per heavy atom. The van der Waals surface area contributed by atoms with Crippen LogP contribution in [0.4, 0.5) is 5.69 Å². The van der Waals surface area contributed by atoms with Crippen LogP contribution in [0, 0.1) is 0 Å². The highest BCUT2D eigenvalue weighted by Gasteiger charge is 2.07. The van der Waals surface area contributed by atoms with E-state index in [0.717, 1.165) is 0 Å². The third kappa shape index (κ3) is 3.36. The molecule has 1 aromatic rings. The molecule has 0 aliphatic carbocycles. The topological polar surface area (TPSA) is 61.4 Å². The van der Waals surface area contributed by atoms with Gasteiger partial charge in [0.1, 0.15) is 0 Å². The van der Waals surface area contributed by atoms with Crippen molar-refractivity contribution in [2.45, 2.75) is 6.92 Å². The molecule has 1 rings (SSSR count). The average Bonchev–Trinajstić information content (AvgIpc) is 2.21. The highest BCUT2D eigenvalue weighted by atomic mass is 35.5. The minimum absolute atomic E-state index is 0.143. The van der Waals surface area contributed by atoms with E-state index in [1.807, 2.05) is 6.92 Å². The Labute approximate surface area is 104 Å². The summed E-state index contributed by atoms with van der Waals surface area (Å²) >= 11 is 10.9. The van der Waals surface area contributed by atoms with E-state index in [-0.39, 0.29) is 5.56 Å². The van der Waals surface area contributed by atoms with Gasteiger partial charge in [0.25, 0.3) is 0 Å². The number of benzene rings is 1. The van der Waals surface area contributed by atoms with Crippen LogP contribution in [0.1, 0.15) is 17.3 Å². The number of aromatic carboxylic acids is 1. The Morgan fingerprint density at radius 1 is 1.56 bits per heavy atom. The Balaban J connectivity index is 2.83. The number of anilines is 1. The molecule has 16 heavy (non-hydrogen) atoms. The van der Waals surface area contributed by atoms with Gasteiger partial charge in [-0.15, -0.1) is 0 Å². The first-order chi connectivity index (χ1) is 7.54. The van der Waals surface area contributed by atoms with Crippen LogP contribution < -0.4 is 10.6 Å². The minimum Gasteiger partial charge on any atom is -0.478 e. The van der Waals surface area contributed by atoms with Crippen LogP contribution in [0.2, 0.25) is 5.02 Å². The third-order valence-corrected chi connectivity index (χ3v) is 2.36. The quantitative estimate of drug-likeness (QED) is 0.727. The van der Waals surface area contributed by atoms with Crippen molar-refractivity contribution in [3.63, 3.8) is 0 Å².